The fourth-order valence-electron chi connectivity index (χ4n) is 4.66. The van der Waals surface area contributed by atoms with Crippen LogP contribution in [0.3, 0.4) is 0 Å². The molecule has 0 radical (unpaired) electrons. The lowest BCUT2D eigenvalue weighted by Crippen LogP contribution is -2.31. The molecule has 4 rings (SSSR count). The number of rotatable bonds is 4. The molecule has 1 aromatic rings. The Hall–Kier alpha value is -1.35. The molecule has 2 fully saturated rings. The first kappa shape index (κ1) is 14.3. The quantitative estimate of drug-likeness (QED) is 0.896. The summed E-state index contributed by atoms with van der Waals surface area (Å²) in [5.74, 6) is 1.27. The van der Waals surface area contributed by atoms with Crippen LogP contribution in [-0.2, 0) is 16.6 Å². The van der Waals surface area contributed by atoms with Crippen molar-refractivity contribution >= 4 is 5.91 Å². The van der Waals surface area contributed by atoms with Crippen molar-refractivity contribution in [3.63, 3.8) is 0 Å². The lowest BCUT2D eigenvalue weighted by molar-refractivity contribution is -0.122. The van der Waals surface area contributed by atoms with E-state index in [1.807, 2.05) is 0 Å². The van der Waals surface area contributed by atoms with Gasteiger partial charge in [-0.2, -0.15) is 0 Å². The van der Waals surface area contributed by atoms with Gasteiger partial charge in [0, 0.05) is 17.9 Å². The molecule has 1 heterocycles. The van der Waals surface area contributed by atoms with Crippen molar-refractivity contribution in [2.24, 2.45) is 11.8 Å². The highest BCUT2D eigenvalue weighted by molar-refractivity contribution is 5.84. The number of hydrogen-bond donors (Lipinski definition) is 2. The molecule has 2 N–H and O–H groups in total. The molecule has 1 saturated carbocycles. The first-order chi connectivity index (χ1) is 10.8. The molecule has 118 valence electrons. The Bertz CT molecular complexity index is 564. The molecule has 0 bridgehead atoms. The normalized spacial score (nSPS) is 32.7. The molecule has 3 nitrogen and oxygen atoms in total. The maximum absolute atomic E-state index is 12.5. The van der Waals surface area contributed by atoms with E-state index in [-0.39, 0.29) is 11.3 Å². The van der Waals surface area contributed by atoms with Gasteiger partial charge in [-0.25, -0.2) is 0 Å². The maximum atomic E-state index is 12.5. The zero-order valence-corrected chi connectivity index (χ0v) is 13.2. The van der Waals surface area contributed by atoms with Crippen LogP contribution in [0.5, 0.6) is 0 Å². The number of benzene rings is 1. The van der Waals surface area contributed by atoms with Gasteiger partial charge in [-0.05, 0) is 68.7 Å². The Morgan fingerprint density at radius 3 is 3.14 bits per heavy atom. The zero-order valence-electron chi connectivity index (χ0n) is 13.2. The first-order valence-corrected chi connectivity index (χ1v) is 8.86. The number of nitrogens with one attached hydrogen (secondary N) is 2. The summed E-state index contributed by atoms with van der Waals surface area (Å²) in [5.41, 5.74) is 3.11. The van der Waals surface area contributed by atoms with Crippen molar-refractivity contribution in [3.8, 4) is 0 Å². The van der Waals surface area contributed by atoms with Gasteiger partial charge in [-0.1, -0.05) is 24.3 Å². The third-order valence-electron chi connectivity index (χ3n) is 6.03. The van der Waals surface area contributed by atoms with E-state index < -0.39 is 0 Å². The van der Waals surface area contributed by atoms with Crippen molar-refractivity contribution in [2.75, 3.05) is 19.6 Å². The number of amides is 1. The highest BCUT2D eigenvalue weighted by atomic mass is 16.2. The van der Waals surface area contributed by atoms with Crippen LogP contribution in [0.25, 0.3) is 0 Å². The predicted molar refractivity (Wildman–Crippen MR) is 87.8 cm³/mol. The average Bonchev–Trinajstić information content (AvgIpc) is 3.02. The van der Waals surface area contributed by atoms with Crippen LogP contribution in [0.15, 0.2) is 24.3 Å². The summed E-state index contributed by atoms with van der Waals surface area (Å²) >= 11 is 0. The third kappa shape index (κ3) is 2.45. The van der Waals surface area contributed by atoms with Crippen molar-refractivity contribution in [3.05, 3.63) is 35.4 Å². The van der Waals surface area contributed by atoms with E-state index in [1.165, 1.54) is 36.8 Å². The molecule has 1 amide bonds. The predicted octanol–water partition coefficient (Wildman–Crippen LogP) is 2.40. The fraction of sp³-hybridized carbons (Fsp3) is 0.632. The molecule has 22 heavy (non-hydrogen) atoms. The van der Waals surface area contributed by atoms with Gasteiger partial charge in [-0.15, -0.1) is 0 Å². The number of fused-ring (bicyclic) bond motifs is 2. The lowest BCUT2D eigenvalue weighted by Gasteiger charge is -2.26. The van der Waals surface area contributed by atoms with Gasteiger partial charge in [0.15, 0.2) is 0 Å². The van der Waals surface area contributed by atoms with Crippen LogP contribution in [0.2, 0.25) is 0 Å². The molecule has 2 aliphatic carbocycles. The molecular weight excluding hydrogens is 272 g/mol. The van der Waals surface area contributed by atoms with Crippen LogP contribution < -0.4 is 10.6 Å². The van der Waals surface area contributed by atoms with E-state index in [0.717, 1.165) is 38.4 Å². The summed E-state index contributed by atoms with van der Waals surface area (Å²) in [5, 5.41) is 6.60. The second-order valence-corrected chi connectivity index (χ2v) is 7.36. The minimum Gasteiger partial charge on any atom is -0.356 e. The zero-order chi connectivity index (χ0) is 15.0. The Labute approximate surface area is 132 Å². The van der Waals surface area contributed by atoms with Crippen molar-refractivity contribution < 1.29 is 4.79 Å². The summed E-state index contributed by atoms with van der Waals surface area (Å²) in [7, 11) is 0. The monoisotopic (exact) mass is 298 g/mol. The van der Waals surface area contributed by atoms with Gasteiger partial charge in [-0.3, -0.25) is 4.79 Å². The Kier molecular flexibility index (Phi) is 3.69. The van der Waals surface area contributed by atoms with Crippen LogP contribution in [0, 0.1) is 11.8 Å². The Morgan fingerprint density at radius 2 is 2.27 bits per heavy atom. The molecule has 3 atom stereocenters. The number of aryl methyl sites for hydroxylation is 1. The second kappa shape index (κ2) is 5.69. The highest BCUT2D eigenvalue weighted by Crippen LogP contribution is 2.60. The summed E-state index contributed by atoms with van der Waals surface area (Å²) in [6, 6.07) is 8.76. The summed E-state index contributed by atoms with van der Waals surface area (Å²) in [6.45, 7) is 3.11. The molecule has 1 saturated heterocycles. The highest BCUT2D eigenvalue weighted by Gasteiger charge is 2.59. The third-order valence-corrected chi connectivity index (χ3v) is 6.03. The van der Waals surface area contributed by atoms with E-state index in [9.17, 15) is 4.79 Å². The number of carbonyl (C=O) groups is 1. The van der Waals surface area contributed by atoms with Gasteiger partial charge in [0.05, 0.1) is 0 Å². The molecule has 0 aromatic heterocycles. The molecule has 1 aromatic carbocycles. The Morgan fingerprint density at radius 1 is 1.36 bits per heavy atom. The molecule has 3 unspecified atom stereocenters. The number of carbonyl (C=O) groups excluding carboxylic acids is 1. The first-order valence-electron chi connectivity index (χ1n) is 8.86. The van der Waals surface area contributed by atoms with Gasteiger partial charge >= 0.3 is 0 Å². The Balaban J connectivity index is 1.36. The van der Waals surface area contributed by atoms with Crippen molar-refractivity contribution in [1.29, 1.82) is 0 Å². The van der Waals surface area contributed by atoms with Gasteiger partial charge in [0.1, 0.15) is 0 Å². The van der Waals surface area contributed by atoms with Crippen molar-refractivity contribution in [2.45, 2.75) is 43.9 Å². The topological polar surface area (TPSA) is 41.1 Å². The average molecular weight is 298 g/mol. The van der Waals surface area contributed by atoms with Crippen LogP contribution >= 0.6 is 0 Å². The van der Waals surface area contributed by atoms with E-state index in [1.54, 1.807) is 0 Å². The largest absolute Gasteiger partial charge is 0.356 e. The summed E-state index contributed by atoms with van der Waals surface area (Å²) in [6.07, 6.45) is 7.04. The van der Waals surface area contributed by atoms with Crippen molar-refractivity contribution in [1.82, 2.24) is 10.6 Å². The summed E-state index contributed by atoms with van der Waals surface area (Å²) < 4.78 is 0. The second-order valence-electron chi connectivity index (χ2n) is 7.36. The molecule has 3 heteroatoms. The van der Waals surface area contributed by atoms with Gasteiger partial charge < -0.3 is 10.6 Å². The molecule has 3 aliphatic rings. The molecular formula is C19H26N2O. The van der Waals surface area contributed by atoms with Gasteiger partial charge in [0.2, 0.25) is 5.91 Å². The minimum atomic E-state index is 0.174. The SMILES string of the molecule is O=C(NCCC1CCNC1)C1CC12CCCc1ccccc12. The van der Waals surface area contributed by atoms with Crippen LogP contribution in [0.1, 0.15) is 43.2 Å². The maximum Gasteiger partial charge on any atom is 0.224 e. The smallest absolute Gasteiger partial charge is 0.224 e. The van der Waals surface area contributed by atoms with E-state index >= 15 is 0 Å². The van der Waals surface area contributed by atoms with Crippen LogP contribution in [-0.4, -0.2) is 25.5 Å². The number of hydrogen-bond acceptors (Lipinski definition) is 2. The fourth-order valence-corrected chi connectivity index (χ4v) is 4.66. The van der Waals surface area contributed by atoms with E-state index in [4.69, 9.17) is 0 Å². The summed E-state index contributed by atoms with van der Waals surface area (Å²) in [4.78, 5) is 12.5. The minimum absolute atomic E-state index is 0.174. The molecule has 1 spiro atoms. The standard InChI is InChI=1S/C19H26N2O/c22-18(21-11-8-14-7-10-20-13-14)17-12-19(17)9-3-5-15-4-1-2-6-16(15)19/h1-2,4,6,14,17,20H,3,5,7-13H2,(H,21,22). The lowest BCUT2D eigenvalue weighted by atomic mass is 9.78. The van der Waals surface area contributed by atoms with E-state index in [2.05, 4.69) is 34.9 Å². The van der Waals surface area contributed by atoms with E-state index in [0.29, 0.717) is 5.91 Å². The van der Waals surface area contributed by atoms with Crippen LogP contribution in [0.4, 0.5) is 0 Å². The van der Waals surface area contributed by atoms with Gasteiger partial charge in [0.25, 0.3) is 0 Å². The molecule has 1 aliphatic heterocycles.